The SMILES string of the molecule is C[C@@H]1COCCN1C(=O)c1c(F)ccc([N+](=O)[O-])c1F. The Bertz CT molecular complexity index is 565. The van der Waals surface area contributed by atoms with E-state index >= 15 is 0 Å². The van der Waals surface area contributed by atoms with E-state index in [4.69, 9.17) is 4.74 Å². The third kappa shape index (κ3) is 2.46. The highest BCUT2D eigenvalue weighted by molar-refractivity contribution is 5.95. The van der Waals surface area contributed by atoms with Gasteiger partial charge in [-0.3, -0.25) is 14.9 Å². The average molecular weight is 286 g/mol. The van der Waals surface area contributed by atoms with Crippen molar-refractivity contribution in [3.05, 3.63) is 39.4 Å². The van der Waals surface area contributed by atoms with Gasteiger partial charge in [0, 0.05) is 12.6 Å². The maximum absolute atomic E-state index is 14.0. The van der Waals surface area contributed by atoms with Gasteiger partial charge in [-0.05, 0) is 13.0 Å². The monoisotopic (exact) mass is 286 g/mol. The third-order valence-corrected chi connectivity index (χ3v) is 3.11. The van der Waals surface area contributed by atoms with Crippen LogP contribution in [0.3, 0.4) is 0 Å². The van der Waals surface area contributed by atoms with Crippen LogP contribution in [0.15, 0.2) is 12.1 Å². The number of benzene rings is 1. The fourth-order valence-corrected chi connectivity index (χ4v) is 2.05. The van der Waals surface area contributed by atoms with E-state index in [1.165, 1.54) is 4.90 Å². The first-order valence-corrected chi connectivity index (χ1v) is 5.94. The number of halogens is 2. The van der Waals surface area contributed by atoms with Crippen LogP contribution in [0.4, 0.5) is 14.5 Å². The van der Waals surface area contributed by atoms with Crippen LogP contribution < -0.4 is 0 Å². The van der Waals surface area contributed by atoms with Crippen LogP contribution in [0, 0.1) is 21.7 Å². The summed E-state index contributed by atoms with van der Waals surface area (Å²) in [4.78, 5) is 23.1. The van der Waals surface area contributed by atoms with Gasteiger partial charge in [0.1, 0.15) is 11.4 Å². The van der Waals surface area contributed by atoms with Gasteiger partial charge in [0.05, 0.1) is 24.2 Å². The van der Waals surface area contributed by atoms with Crippen molar-refractivity contribution in [3.8, 4) is 0 Å². The number of carbonyl (C=O) groups is 1. The molecule has 2 rings (SSSR count). The second-order valence-corrected chi connectivity index (χ2v) is 4.44. The summed E-state index contributed by atoms with van der Waals surface area (Å²) in [5.74, 6) is -3.46. The Balaban J connectivity index is 2.43. The van der Waals surface area contributed by atoms with Gasteiger partial charge in [-0.1, -0.05) is 0 Å². The zero-order valence-electron chi connectivity index (χ0n) is 10.6. The number of carbonyl (C=O) groups excluding carboxylic acids is 1. The molecule has 0 unspecified atom stereocenters. The zero-order valence-corrected chi connectivity index (χ0v) is 10.6. The summed E-state index contributed by atoms with van der Waals surface area (Å²) in [7, 11) is 0. The predicted molar refractivity (Wildman–Crippen MR) is 64.3 cm³/mol. The lowest BCUT2D eigenvalue weighted by Crippen LogP contribution is -2.47. The fraction of sp³-hybridized carbons (Fsp3) is 0.417. The Morgan fingerprint density at radius 1 is 1.50 bits per heavy atom. The minimum absolute atomic E-state index is 0.182. The zero-order chi connectivity index (χ0) is 14.9. The first-order chi connectivity index (χ1) is 9.43. The molecule has 1 aromatic carbocycles. The van der Waals surface area contributed by atoms with E-state index in [1.807, 2.05) is 0 Å². The fourth-order valence-electron chi connectivity index (χ4n) is 2.05. The van der Waals surface area contributed by atoms with E-state index in [-0.39, 0.29) is 25.8 Å². The quantitative estimate of drug-likeness (QED) is 0.613. The van der Waals surface area contributed by atoms with Crippen LogP contribution in [-0.4, -0.2) is 41.5 Å². The molecule has 1 fully saturated rings. The first-order valence-electron chi connectivity index (χ1n) is 5.94. The van der Waals surface area contributed by atoms with Gasteiger partial charge in [0.2, 0.25) is 5.82 Å². The van der Waals surface area contributed by atoms with Gasteiger partial charge in [0.15, 0.2) is 0 Å². The molecular formula is C12H12F2N2O4. The highest BCUT2D eigenvalue weighted by Crippen LogP contribution is 2.25. The van der Waals surface area contributed by atoms with Gasteiger partial charge in [-0.15, -0.1) is 0 Å². The predicted octanol–water partition coefficient (Wildman–Crippen LogP) is 1.73. The lowest BCUT2D eigenvalue weighted by atomic mass is 10.1. The molecule has 1 aromatic rings. The molecular weight excluding hydrogens is 274 g/mol. The number of hydrogen-bond donors (Lipinski definition) is 0. The molecule has 20 heavy (non-hydrogen) atoms. The topological polar surface area (TPSA) is 72.7 Å². The number of rotatable bonds is 2. The molecule has 0 aromatic heterocycles. The Labute approximate surface area is 113 Å². The molecule has 1 heterocycles. The molecule has 0 spiro atoms. The number of nitrogens with zero attached hydrogens (tertiary/aromatic N) is 2. The Hall–Kier alpha value is -2.09. The molecule has 108 valence electrons. The minimum Gasteiger partial charge on any atom is -0.377 e. The van der Waals surface area contributed by atoms with Gasteiger partial charge in [-0.2, -0.15) is 4.39 Å². The van der Waals surface area contributed by atoms with E-state index in [2.05, 4.69) is 0 Å². The minimum atomic E-state index is -1.45. The van der Waals surface area contributed by atoms with Crippen LogP contribution in [0.5, 0.6) is 0 Å². The highest BCUT2D eigenvalue weighted by atomic mass is 19.1. The maximum Gasteiger partial charge on any atom is 0.305 e. The van der Waals surface area contributed by atoms with Crippen molar-refractivity contribution >= 4 is 11.6 Å². The molecule has 1 atom stereocenters. The summed E-state index contributed by atoms with van der Waals surface area (Å²) >= 11 is 0. The van der Waals surface area contributed by atoms with Gasteiger partial charge in [-0.25, -0.2) is 4.39 Å². The summed E-state index contributed by atoms with van der Waals surface area (Å²) in [5, 5.41) is 10.6. The number of nitro groups is 1. The molecule has 0 bridgehead atoms. The van der Waals surface area contributed by atoms with E-state index in [0.717, 1.165) is 6.07 Å². The largest absolute Gasteiger partial charge is 0.377 e. The van der Waals surface area contributed by atoms with Crippen LogP contribution in [0.2, 0.25) is 0 Å². The van der Waals surface area contributed by atoms with Crippen molar-refractivity contribution in [2.24, 2.45) is 0 Å². The van der Waals surface area contributed by atoms with Crippen LogP contribution in [0.1, 0.15) is 17.3 Å². The van der Waals surface area contributed by atoms with E-state index < -0.39 is 33.7 Å². The Kier molecular flexibility index (Phi) is 3.93. The number of amides is 1. The maximum atomic E-state index is 14.0. The molecule has 8 heteroatoms. The summed E-state index contributed by atoms with van der Waals surface area (Å²) in [6.07, 6.45) is 0. The lowest BCUT2D eigenvalue weighted by molar-refractivity contribution is -0.387. The third-order valence-electron chi connectivity index (χ3n) is 3.11. The van der Waals surface area contributed by atoms with Crippen LogP contribution in [0.25, 0.3) is 0 Å². The number of morpholine rings is 1. The molecule has 6 nitrogen and oxygen atoms in total. The average Bonchev–Trinajstić information content (AvgIpc) is 2.38. The number of hydrogen-bond acceptors (Lipinski definition) is 4. The molecule has 1 amide bonds. The standard InChI is InChI=1S/C12H12F2N2O4/c1-7-6-20-5-4-15(7)12(17)10-8(13)2-3-9(11(10)14)16(18)19/h2-3,7H,4-6H2,1H3/t7-/m1/s1. The van der Waals surface area contributed by atoms with Crippen molar-refractivity contribution < 1.29 is 23.2 Å². The molecule has 0 saturated carbocycles. The lowest BCUT2D eigenvalue weighted by Gasteiger charge is -2.33. The van der Waals surface area contributed by atoms with Crippen molar-refractivity contribution in [2.45, 2.75) is 13.0 Å². The summed E-state index contributed by atoms with van der Waals surface area (Å²) in [6, 6.07) is 1.07. The van der Waals surface area contributed by atoms with E-state index in [1.54, 1.807) is 6.92 Å². The molecule has 1 aliphatic rings. The molecule has 1 saturated heterocycles. The highest BCUT2D eigenvalue weighted by Gasteiger charge is 2.32. The van der Waals surface area contributed by atoms with Gasteiger partial charge in [0.25, 0.3) is 5.91 Å². The van der Waals surface area contributed by atoms with Gasteiger partial charge >= 0.3 is 5.69 Å². The number of ether oxygens (including phenoxy) is 1. The Morgan fingerprint density at radius 3 is 2.80 bits per heavy atom. The number of nitro benzene ring substituents is 1. The summed E-state index contributed by atoms with van der Waals surface area (Å²) < 4.78 is 32.8. The molecule has 1 aliphatic heterocycles. The van der Waals surface area contributed by atoms with Crippen molar-refractivity contribution in [2.75, 3.05) is 19.8 Å². The van der Waals surface area contributed by atoms with Crippen molar-refractivity contribution in [1.82, 2.24) is 4.90 Å². The summed E-state index contributed by atoms with van der Waals surface area (Å²) in [5.41, 5.74) is -1.82. The second-order valence-electron chi connectivity index (χ2n) is 4.44. The molecule has 0 aliphatic carbocycles. The van der Waals surface area contributed by atoms with Gasteiger partial charge < -0.3 is 9.64 Å². The summed E-state index contributed by atoms with van der Waals surface area (Å²) in [6.45, 7) is 2.37. The Morgan fingerprint density at radius 2 is 2.20 bits per heavy atom. The van der Waals surface area contributed by atoms with Crippen LogP contribution in [-0.2, 0) is 4.74 Å². The molecule has 0 radical (unpaired) electrons. The van der Waals surface area contributed by atoms with E-state index in [0.29, 0.717) is 6.07 Å². The van der Waals surface area contributed by atoms with Crippen molar-refractivity contribution in [3.63, 3.8) is 0 Å². The van der Waals surface area contributed by atoms with Crippen LogP contribution >= 0.6 is 0 Å². The van der Waals surface area contributed by atoms with E-state index in [9.17, 15) is 23.7 Å². The smallest absolute Gasteiger partial charge is 0.305 e. The normalized spacial score (nSPS) is 18.9. The first kappa shape index (κ1) is 14.3. The second kappa shape index (κ2) is 5.49. The molecule has 0 N–H and O–H groups in total. The van der Waals surface area contributed by atoms with Crippen molar-refractivity contribution in [1.29, 1.82) is 0 Å².